The maximum Gasteiger partial charge on any atom is 0.261 e. The van der Waals surface area contributed by atoms with Crippen molar-refractivity contribution >= 4 is 27.3 Å². The molecular weight excluding hydrogens is 281 g/mol. The van der Waals surface area contributed by atoms with E-state index in [4.69, 9.17) is 9.84 Å². The number of fused-ring (bicyclic) bond motifs is 1. The van der Waals surface area contributed by atoms with Gasteiger partial charge in [0.15, 0.2) is 0 Å². The second-order valence-corrected chi connectivity index (χ2v) is 5.34. The predicted octanol–water partition coefficient (Wildman–Crippen LogP) is 2.30. The SMILES string of the molecule is COCc1c(C(=O)NCCCO)sc2cccc(F)c12. The summed E-state index contributed by atoms with van der Waals surface area (Å²) in [7, 11) is 1.51. The van der Waals surface area contributed by atoms with Crippen LogP contribution in [0.1, 0.15) is 21.7 Å². The average Bonchev–Trinajstić information content (AvgIpc) is 2.80. The molecule has 0 unspecified atom stereocenters. The highest BCUT2D eigenvalue weighted by atomic mass is 32.1. The van der Waals surface area contributed by atoms with Gasteiger partial charge < -0.3 is 15.2 Å². The monoisotopic (exact) mass is 297 g/mol. The van der Waals surface area contributed by atoms with E-state index in [9.17, 15) is 9.18 Å². The van der Waals surface area contributed by atoms with Gasteiger partial charge in [0.25, 0.3) is 5.91 Å². The molecule has 0 saturated heterocycles. The normalized spacial score (nSPS) is 10.9. The molecule has 0 aliphatic rings. The summed E-state index contributed by atoms with van der Waals surface area (Å²) in [6.45, 7) is 0.592. The number of benzene rings is 1. The van der Waals surface area contributed by atoms with Crippen LogP contribution in [-0.4, -0.2) is 31.3 Å². The lowest BCUT2D eigenvalue weighted by atomic mass is 10.1. The van der Waals surface area contributed by atoms with Crippen LogP contribution in [0, 0.1) is 5.82 Å². The van der Waals surface area contributed by atoms with Crippen molar-refractivity contribution < 1.29 is 19.0 Å². The quantitative estimate of drug-likeness (QED) is 0.804. The first-order valence-electron chi connectivity index (χ1n) is 6.27. The lowest BCUT2D eigenvalue weighted by Gasteiger charge is -2.05. The van der Waals surface area contributed by atoms with Gasteiger partial charge in [-0.05, 0) is 18.6 Å². The number of amides is 1. The first-order valence-corrected chi connectivity index (χ1v) is 7.08. The number of ether oxygens (including phenoxy) is 1. The molecule has 0 spiro atoms. The van der Waals surface area contributed by atoms with E-state index >= 15 is 0 Å². The molecule has 0 atom stereocenters. The van der Waals surface area contributed by atoms with Gasteiger partial charge in [-0.1, -0.05) is 6.07 Å². The van der Waals surface area contributed by atoms with E-state index in [2.05, 4.69) is 5.32 Å². The van der Waals surface area contributed by atoms with Crippen molar-refractivity contribution in [2.24, 2.45) is 0 Å². The zero-order valence-corrected chi connectivity index (χ0v) is 11.9. The molecule has 0 fully saturated rings. The van der Waals surface area contributed by atoms with Crippen molar-refractivity contribution in [2.75, 3.05) is 20.3 Å². The highest BCUT2D eigenvalue weighted by Crippen LogP contribution is 2.33. The maximum atomic E-state index is 13.9. The minimum Gasteiger partial charge on any atom is -0.396 e. The van der Waals surface area contributed by atoms with E-state index in [1.54, 1.807) is 12.1 Å². The molecule has 1 heterocycles. The average molecular weight is 297 g/mol. The standard InChI is InChI=1S/C14H16FNO3S/c1-19-8-9-12-10(15)4-2-5-11(12)20-13(9)14(18)16-6-3-7-17/h2,4-5,17H,3,6-8H2,1H3,(H,16,18). The largest absolute Gasteiger partial charge is 0.396 e. The highest BCUT2D eigenvalue weighted by Gasteiger charge is 2.20. The summed E-state index contributed by atoms with van der Waals surface area (Å²) in [5.41, 5.74) is 0.576. The number of carbonyl (C=O) groups excluding carboxylic acids is 1. The van der Waals surface area contributed by atoms with Crippen LogP contribution in [0.2, 0.25) is 0 Å². The molecule has 20 heavy (non-hydrogen) atoms. The third kappa shape index (κ3) is 2.98. The number of carbonyl (C=O) groups is 1. The summed E-state index contributed by atoms with van der Waals surface area (Å²) >= 11 is 1.25. The summed E-state index contributed by atoms with van der Waals surface area (Å²) in [6, 6.07) is 4.78. The summed E-state index contributed by atoms with van der Waals surface area (Å²) in [4.78, 5) is 12.6. The van der Waals surface area contributed by atoms with Crippen LogP contribution in [0.25, 0.3) is 10.1 Å². The van der Waals surface area contributed by atoms with Gasteiger partial charge in [-0.2, -0.15) is 0 Å². The van der Waals surface area contributed by atoms with Crippen molar-refractivity contribution in [1.82, 2.24) is 5.32 Å². The van der Waals surface area contributed by atoms with E-state index in [1.165, 1.54) is 24.5 Å². The molecule has 1 aromatic carbocycles. The Morgan fingerprint density at radius 2 is 2.30 bits per heavy atom. The van der Waals surface area contributed by atoms with Gasteiger partial charge in [0, 0.05) is 35.9 Å². The molecule has 1 amide bonds. The summed E-state index contributed by atoms with van der Waals surface area (Å²) in [5.74, 6) is -0.605. The van der Waals surface area contributed by atoms with Gasteiger partial charge in [0.2, 0.25) is 0 Å². The van der Waals surface area contributed by atoms with E-state index in [0.717, 1.165) is 4.70 Å². The van der Waals surface area contributed by atoms with Crippen LogP contribution in [0.15, 0.2) is 18.2 Å². The van der Waals surface area contributed by atoms with Gasteiger partial charge in [0.05, 0.1) is 11.5 Å². The Hall–Kier alpha value is -1.50. The number of thiophene rings is 1. The molecule has 6 heteroatoms. The molecule has 2 rings (SSSR count). The third-order valence-electron chi connectivity index (χ3n) is 2.88. The number of rotatable bonds is 6. The van der Waals surface area contributed by atoms with E-state index in [1.807, 2.05) is 0 Å². The van der Waals surface area contributed by atoms with Crippen LogP contribution in [0.4, 0.5) is 4.39 Å². The Morgan fingerprint density at radius 1 is 1.50 bits per heavy atom. The van der Waals surface area contributed by atoms with Crippen molar-refractivity contribution in [3.63, 3.8) is 0 Å². The maximum absolute atomic E-state index is 13.9. The molecule has 0 aliphatic heterocycles. The first-order chi connectivity index (χ1) is 9.69. The Balaban J connectivity index is 2.39. The zero-order chi connectivity index (χ0) is 14.5. The highest BCUT2D eigenvalue weighted by molar-refractivity contribution is 7.21. The zero-order valence-electron chi connectivity index (χ0n) is 11.1. The number of hydrogen-bond acceptors (Lipinski definition) is 4. The molecule has 1 aromatic heterocycles. The van der Waals surface area contributed by atoms with Gasteiger partial charge in [-0.3, -0.25) is 4.79 Å². The van der Waals surface area contributed by atoms with E-state index in [0.29, 0.717) is 28.8 Å². The first kappa shape index (κ1) is 14.9. The van der Waals surface area contributed by atoms with Crippen molar-refractivity contribution in [3.8, 4) is 0 Å². The number of aliphatic hydroxyl groups is 1. The number of nitrogens with one attached hydrogen (secondary N) is 1. The minimum atomic E-state index is -0.347. The Bertz CT molecular complexity index is 612. The molecule has 0 radical (unpaired) electrons. The second kappa shape index (κ2) is 6.78. The molecule has 2 N–H and O–H groups in total. The van der Waals surface area contributed by atoms with Gasteiger partial charge >= 0.3 is 0 Å². The summed E-state index contributed by atoms with van der Waals surface area (Å²) in [6.07, 6.45) is 0.491. The molecular formula is C14H16FNO3S. The number of halogens is 1. The molecule has 0 bridgehead atoms. The topological polar surface area (TPSA) is 58.6 Å². The number of methoxy groups -OCH3 is 1. The van der Waals surface area contributed by atoms with Crippen LogP contribution in [0.3, 0.4) is 0 Å². The molecule has 0 aliphatic carbocycles. The molecule has 108 valence electrons. The molecule has 2 aromatic rings. The van der Waals surface area contributed by atoms with E-state index in [-0.39, 0.29) is 24.9 Å². The van der Waals surface area contributed by atoms with Crippen molar-refractivity contribution in [1.29, 1.82) is 0 Å². The summed E-state index contributed by atoms with van der Waals surface area (Å²) in [5, 5.41) is 11.9. The predicted molar refractivity (Wildman–Crippen MR) is 76.5 cm³/mol. The summed E-state index contributed by atoms with van der Waals surface area (Å²) < 4.78 is 19.8. The fourth-order valence-electron chi connectivity index (χ4n) is 1.99. The third-order valence-corrected chi connectivity index (χ3v) is 4.07. The Morgan fingerprint density at radius 3 is 3.00 bits per heavy atom. The van der Waals surface area contributed by atoms with Crippen LogP contribution in [-0.2, 0) is 11.3 Å². The van der Waals surface area contributed by atoms with Gasteiger partial charge in [-0.25, -0.2) is 4.39 Å². The van der Waals surface area contributed by atoms with Gasteiger partial charge in [0.1, 0.15) is 5.82 Å². The van der Waals surface area contributed by atoms with Crippen molar-refractivity contribution in [2.45, 2.75) is 13.0 Å². The van der Waals surface area contributed by atoms with E-state index < -0.39 is 0 Å². The lowest BCUT2D eigenvalue weighted by molar-refractivity contribution is 0.0951. The minimum absolute atomic E-state index is 0.0201. The smallest absolute Gasteiger partial charge is 0.261 e. The van der Waals surface area contributed by atoms with Crippen molar-refractivity contribution in [3.05, 3.63) is 34.5 Å². The van der Waals surface area contributed by atoms with Gasteiger partial charge in [-0.15, -0.1) is 11.3 Å². The molecule has 0 saturated carbocycles. The fraction of sp³-hybridized carbons (Fsp3) is 0.357. The Labute approximate surface area is 120 Å². The van der Waals surface area contributed by atoms with Crippen LogP contribution in [0.5, 0.6) is 0 Å². The fourth-order valence-corrected chi connectivity index (χ4v) is 3.13. The van der Waals surface area contributed by atoms with Crippen LogP contribution >= 0.6 is 11.3 Å². The molecule has 4 nitrogen and oxygen atoms in total. The number of hydrogen-bond donors (Lipinski definition) is 2. The number of aliphatic hydroxyl groups excluding tert-OH is 1. The van der Waals surface area contributed by atoms with Crippen LogP contribution < -0.4 is 5.32 Å². The lowest BCUT2D eigenvalue weighted by Crippen LogP contribution is -2.25. The Kier molecular flexibility index (Phi) is 5.05. The second-order valence-electron chi connectivity index (χ2n) is 4.29.